The van der Waals surface area contributed by atoms with Crippen LogP contribution in [0.3, 0.4) is 0 Å². The lowest BCUT2D eigenvalue weighted by molar-refractivity contribution is -0.129. The predicted molar refractivity (Wildman–Crippen MR) is 80.2 cm³/mol. The number of carbonyl (C=O) groups is 1. The summed E-state index contributed by atoms with van der Waals surface area (Å²) in [7, 11) is 1.84. The van der Waals surface area contributed by atoms with E-state index in [1.165, 1.54) is 4.88 Å². The molecule has 0 aliphatic carbocycles. The van der Waals surface area contributed by atoms with E-state index in [9.17, 15) is 4.79 Å². The number of hydrogen-bond donors (Lipinski definition) is 1. The number of thiophene rings is 1. The van der Waals surface area contributed by atoms with Gasteiger partial charge in [-0.3, -0.25) is 4.79 Å². The molecule has 0 radical (unpaired) electrons. The number of carbonyl (C=O) groups excluding carboxylic acids is 1. The van der Waals surface area contributed by atoms with Gasteiger partial charge in [-0.2, -0.15) is 0 Å². The van der Waals surface area contributed by atoms with Crippen molar-refractivity contribution in [1.29, 1.82) is 0 Å². The average Bonchev–Trinajstić information content (AvgIpc) is 2.91. The van der Waals surface area contributed by atoms with E-state index in [0.29, 0.717) is 12.1 Å². The van der Waals surface area contributed by atoms with Crippen molar-refractivity contribution in [3.63, 3.8) is 0 Å². The zero-order chi connectivity index (χ0) is 13.7. The second-order valence-corrected chi connectivity index (χ2v) is 5.55. The molecule has 0 unspecified atom stereocenters. The molecule has 0 aliphatic heterocycles. The van der Waals surface area contributed by atoms with E-state index in [1.807, 2.05) is 37.4 Å². The number of hydrogen-bond acceptors (Lipinski definition) is 3. The van der Waals surface area contributed by atoms with Gasteiger partial charge in [-0.15, -0.1) is 11.3 Å². The molecule has 0 saturated heterocycles. The lowest BCUT2D eigenvalue weighted by Gasteiger charge is -2.17. The Morgan fingerprint density at radius 2 is 2.05 bits per heavy atom. The fourth-order valence-electron chi connectivity index (χ4n) is 1.85. The topological polar surface area (TPSA) is 46.3 Å². The maximum absolute atomic E-state index is 12.1. The first kappa shape index (κ1) is 13.6. The lowest BCUT2D eigenvalue weighted by Crippen LogP contribution is -2.30. The van der Waals surface area contributed by atoms with Crippen molar-refractivity contribution in [2.24, 2.45) is 0 Å². The molecule has 0 fully saturated rings. The summed E-state index contributed by atoms with van der Waals surface area (Å²) < 4.78 is 0. The van der Waals surface area contributed by atoms with Gasteiger partial charge in [0.2, 0.25) is 5.91 Å². The maximum atomic E-state index is 12.1. The van der Waals surface area contributed by atoms with E-state index < -0.39 is 0 Å². The van der Waals surface area contributed by atoms with Gasteiger partial charge < -0.3 is 10.6 Å². The number of rotatable bonds is 5. The summed E-state index contributed by atoms with van der Waals surface area (Å²) in [5.41, 5.74) is 7.43. The monoisotopic (exact) mass is 274 g/mol. The van der Waals surface area contributed by atoms with Crippen molar-refractivity contribution in [2.45, 2.75) is 12.8 Å². The van der Waals surface area contributed by atoms with E-state index in [2.05, 4.69) is 11.4 Å². The number of nitrogens with zero attached hydrogens (tertiary/aromatic N) is 1. The van der Waals surface area contributed by atoms with Crippen LogP contribution >= 0.6 is 11.3 Å². The Morgan fingerprint density at radius 1 is 1.26 bits per heavy atom. The number of nitrogens with two attached hydrogens (primary N) is 1. The van der Waals surface area contributed by atoms with E-state index in [-0.39, 0.29) is 5.91 Å². The highest BCUT2D eigenvalue weighted by Gasteiger charge is 2.11. The Kier molecular flexibility index (Phi) is 4.58. The predicted octanol–water partition coefficient (Wildman–Crippen LogP) is 2.57. The van der Waals surface area contributed by atoms with Crippen molar-refractivity contribution in [1.82, 2.24) is 4.90 Å². The summed E-state index contributed by atoms with van der Waals surface area (Å²) in [5, 5.41) is 2.06. The first-order valence-corrected chi connectivity index (χ1v) is 7.14. The molecule has 1 aromatic heterocycles. The Labute approximate surface area is 117 Å². The number of nitrogen functional groups attached to an aromatic ring is 1. The minimum absolute atomic E-state index is 0.106. The normalized spacial score (nSPS) is 10.4. The molecule has 0 bridgehead atoms. The zero-order valence-electron chi connectivity index (χ0n) is 11.0. The van der Waals surface area contributed by atoms with E-state index >= 15 is 0 Å². The largest absolute Gasteiger partial charge is 0.398 e. The van der Waals surface area contributed by atoms with Gasteiger partial charge >= 0.3 is 0 Å². The molecule has 2 N–H and O–H groups in total. The number of para-hydroxylation sites is 1. The standard InChI is InChI=1S/C15H18N2OS/c1-17(9-8-13-6-4-10-19-13)15(18)11-12-5-2-3-7-14(12)16/h2-7,10H,8-9,11,16H2,1H3. The molecule has 0 atom stereocenters. The molecule has 1 heterocycles. The third kappa shape index (κ3) is 3.83. The van der Waals surface area contributed by atoms with Crippen LogP contribution in [-0.2, 0) is 17.6 Å². The molecule has 0 aliphatic rings. The van der Waals surface area contributed by atoms with Crippen LogP contribution in [0, 0.1) is 0 Å². The first-order chi connectivity index (χ1) is 9.16. The molecular formula is C15H18N2OS. The van der Waals surface area contributed by atoms with Crippen molar-refractivity contribution in [3.05, 3.63) is 52.2 Å². The Balaban J connectivity index is 1.87. The van der Waals surface area contributed by atoms with Crippen LogP contribution in [0.4, 0.5) is 5.69 Å². The van der Waals surface area contributed by atoms with Crippen molar-refractivity contribution >= 4 is 22.9 Å². The van der Waals surface area contributed by atoms with Crippen LogP contribution in [0.5, 0.6) is 0 Å². The van der Waals surface area contributed by atoms with Crippen LogP contribution in [0.15, 0.2) is 41.8 Å². The molecule has 4 heteroatoms. The quantitative estimate of drug-likeness (QED) is 0.852. The van der Waals surface area contributed by atoms with Gasteiger partial charge in [-0.25, -0.2) is 0 Å². The molecule has 3 nitrogen and oxygen atoms in total. The van der Waals surface area contributed by atoms with E-state index in [0.717, 1.165) is 18.5 Å². The highest BCUT2D eigenvalue weighted by atomic mass is 32.1. The Hall–Kier alpha value is -1.81. The SMILES string of the molecule is CN(CCc1cccs1)C(=O)Cc1ccccc1N. The van der Waals surface area contributed by atoms with Gasteiger partial charge in [-0.1, -0.05) is 24.3 Å². The Bertz CT molecular complexity index is 537. The minimum atomic E-state index is 0.106. The molecule has 100 valence electrons. The number of amides is 1. The molecular weight excluding hydrogens is 256 g/mol. The summed E-state index contributed by atoms with van der Waals surface area (Å²) in [6.07, 6.45) is 1.28. The van der Waals surface area contributed by atoms with E-state index in [1.54, 1.807) is 16.2 Å². The van der Waals surface area contributed by atoms with Crippen molar-refractivity contribution in [3.8, 4) is 0 Å². The summed E-state index contributed by atoms with van der Waals surface area (Å²) in [4.78, 5) is 15.2. The van der Waals surface area contributed by atoms with Gasteiger partial charge in [0.15, 0.2) is 0 Å². The van der Waals surface area contributed by atoms with Crippen molar-refractivity contribution in [2.75, 3.05) is 19.3 Å². The molecule has 0 spiro atoms. The third-order valence-electron chi connectivity index (χ3n) is 3.10. The number of benzene rings is 1. The molecule has 2 rings (SSSR count). The molecule has 19 heavy (non-hydrogen) atoms. The second-order valence-electron chi connectivity index (χ2n) is 4.52. The van der Waals surface area contributed by atoms with Crippen LogP contribution in [-0.4, -0.2) is 24.4 Å². The summed E-state index contributed by atoms with van der Waals surface area (Å²) in [5.74, 6) is 0.106. The smallest absolute Gasteiger partial charge is 0.226 e. The van der Waals surface area contributed by atoms with Crippen LogP contribution < -0.4 is 5.73 Å². The molecule has 0 saturated carbocycles. The maximum Gasteiger partial charge on any atom is 0.226 e. The van der Waals surface area contributed by atoms with Crippen molar-refractivity contribution < 1.29 is 4.79 Å². The molecule has 1 amide bonds. The van der Waals surface area contributed by atoms with Gasteiger partial charge in [0.25, 0.3) is 0 Å². The third-order valence-corrected chi connectivity index (χ3v) is 4.03. The molecule has 2 aromatic rings. The Morgan fingerprint density at radius 3 is 2.74 bits per heavy atom. The molecule has 1 aromatic carbocycles. The number of likely N-dealkylation sites (N-methyl/N-ethyl adjacent to an activating group) is 1. The summed E-state index contributed by atoms with van der Waals surface area (Å²) in [6, 6.07) is 11.6. The summed E-state index contributed by atoms with van der Waals surface area (Å²) >= 11 is 1.73. The highest BCUT2D eigenvalue weighted by molar-refractivity contribution is 7.09. The minimum Gasteiger partial charge on any atom is -0.398 e. The van der Waals surface area contributed by atoms with Crippen LogP contribution in [0.1, 0.15) is 10.4 Å². The lowest BCUT2D eigenvalue weighted by atomic mass is 10.1. The first-order valence-electron chi connectivity index (χ1n) is 6.26. The van der Waals surface area contributed by atoms with E-state index in [4.69, 9.17) is 5.73 Å². The zero-order valence-corrected chi connectivity index (χ0v) is 11.8. The van der Waals surface area contributed by atoms with Gasteiger partial charge in [-0.05, 0) is 29.5 Å². The number of anilines is 1. The van der Waals surface area contributed by atoms with Crippen LogP contribution in [0.25, 0.3) is 0 Å². The van der Waals surface area contributed by atoms with Crippen LogP contribution in [0.2, 0.25) is 0 Å². The van der Waals surface area contributed by atoms with Gasteiger partial charge in [0.1, 0.15) is 0 Å². The van der Waals surface area contributed by atoms with Gasteiger partial charge in [0, 0.05) is 24.2 Å². The second kappa shape index (κ2) is 6.38. The highest BCUT2D eigenvalue weighted by Crippen LogP contribution is 2.13. The fraction of sp³-hybridized carbons (Fsp3) is 0.267. The fourth-order valence-corrected chi connectivity index (χ4v) is 2.55. The average molecular weight is 274 g/mol. The summed E-state index contributed by atoms with van der Waals surface area (Å²) in [6.45, 7) is 0.742. The van der Waals surface area contributed by atoms with Gasteiger partial charge in [0.05, 0.1) is 6.42 Å².